The van der Waals surface area contributed by atoms with Crippen LogP contribution in [0.4, 0.5) is 8.78 Å². The van der Waals surface area contributed by atoms with Crippen LogP contribution in [0.25, 0.3) is 0 Å². The second-order valence-electron chi connectivity index (χ2n) is 5.86. The van der Waals surface area contributed by atoms with E-state index in [9.17, 15) is 18.4 Å². The maximum atomic E-state index is 13.4. The molecule has 0 spiro atoms. The number of rotatable bonds is 9. The number of hydrogen-bond acceptors (Lipinski definition) is 3. The first kappa shape index (κ1) is 20.1. The van der Waals surface area contributed by atoms with Crippen molar-refractivity contribution in [2.24, 2.45) is 5.92 Å². The van der Waals surface area contributed by atoms with Crippen molar-refractivity contribution in [2.75, 3.05) is 20.2 Å². The van der Waals surface area contributed by atoms with Gasteiger partial charge in [-0.05, 0) is 24.6 Å². The van der Waals surface area contributed by atoms with Gasteiger partial charge < -0.3 is 9.64 Å². The summed E-state index contributed by atoms with van der Waals surface area (Å²) >= 11 is 0. The Balaban J connectivity index is 2.86. The molecule has 1 rings (SSSR count). The summed E-state index contributed by atoms with van der Waals surface area (Å²) in [5, 5.41) is 0. The number of nitrogens with zero attached hydrogens (tertiary/aromatic N) is 1. The highest BCUT2D eigenvalue weighted by molar-refractivity contribution is 5.94. The van der Waals surface area contributed by atoms with E-state index in [0.717, 1.165) is 37.8 Å². The first-order valence-electron chi connectivity index (χ1n) is 8.22. The van der Waals surface area contributed by atoms with Gasteiger partial charge in [0.2, 0.25) is 0 Å². The number of halogens is 2. The van der Waals surface area contributed by atoms with E-state index < -0.39 is 29.4 Å². The molecule has 0 aromatic heterocycles. The van der Waals surface area contributed by atoms with Crippen LogP contribution in [0.15, 0.2) is 18.2 Å². The lowest BCUT2D eigenvalue weighted by atomic mass is 10.1. The first-order chi connectivity index (χ1) is 11.4. The van der Waals surface area contributed by atoms with E-state index >= 15 is 0 Å². The second kappa shape index (κ2) is 10.0. The van der Waals surface area contributed by atoms with Crippen molar-refractivity contribution in [1.82, 2.24) is 4.90 Å². The minimum absolute atomic E-state index is 0.0708. The van der Waals surface area contributed by atoms with Crippen LogP contribution in [0.3, 0.4) is 0 Å². The topological polar surface area (TPSA) is 46.6 Å². The molecule has 1 atom stereocenters. The molecule has 0 heterocycles. The Kier molecular flexibility index (Phi) is 8.36. The van der Waals surface area contributed by atoms with Gasteiger partial charge in [0.1, 0.15) is 0 Å². The number of esters is 1. The van der Waals surface area contributed by atoms with Crippen molar-refractivity contribution in [1.29, 1.82) is 0 Å². The van der Waals surface area contributed by atoms with Crippen LogP contribution in [-0.2, 0) is 9.53 Å². The predicted molar refractivity (Wildman–Crippen MR) is 87.6 cm³/mol. The maximum absolute atomic E-state index is 13.4. The predicted octanol–water partition coefficient (Wildman–Crippen LogP) is 3.80. The number of amides is 1. The van der Waals surface area contributed by atoms with E-state index in [-0.39, 0.29) is 12.1 Å². The summed E-state index contributed by atoms with van der Waals surface area (Å²) in [6.07, 6.45) is 3.87. The molecule has 0 bridgehead atoms. The van der Waals surface area contributed by atoms with Gasteiger partial charge >= 0.3 is 5.97 Å². The van der Waals surface area contributed by atoms with Crippen molar-refractivity contribution in [3.8, 4) is 0 Å². The van der Waals surface area contributed by atoms with E-state index in [2.05, 4.69) is 11.7 Å². The fourth-order valence-electron chi connectivity index (χ4n) is 2.42. The van der Waals surface area contributed by atoms with Gasteiger partial charge in [0.05, 0.1) is 13.0 Å². The minimum atomic E-state index is -1.06. The second-order valence-corrected chi connectivity index (χ2v) is 5.86. The van der Waals surface area contributed by atoms with Crippen molar-refractivity contribution in [3.05, 3.63) is 35.4 Å². The van der Waals surface area contributed by atoms with E-state index in [0.29, 0.717) is 6.54 Å². The van der Waals surface area contributed by atoms with E-state index in [1.54, 1.807) is 6.92 Å². The SMILES string of the molecule is CCCCCCN(CC(C)C(=O)OC)C(=O)c1ccc(F)c(F)c1. The summed E-state index contributed by atoms with van der Waals surface area (Å²) in [4.78, 5) is 25.7. The number of carbonyl (C=O) groups is 2. The zero-order chi connectivity index (χ0) is 18.1. The molecule has 24 heavy (non-hydrogen) atoms. The lowest BCUT2D eigenvalue weighted by Gasteiger charge is -2.25. The maximum Gasteiger partial charge on any atom is 0.310 e. The van der Waals surface area contributed by atoms with Gasteiger partial charge in [-0.25, -0.2) is 8.78 Å². The zero-order valence-corrected chi connectivity index (χ0v) is 14.5. The summed E-state index contributed by atoms with van der Waals surface area (Å²) in [5.41, 5.74) is 0.0708. The van der Waals surface area contributed by atoms with Gasteiger partial charge in [-0.15, -0.1) is 0 Å². The number of carbonyl (C=O) groups excluding carboxylic acids is 2. The Bertz CT molecular complexity index is 563. The molecule has 1 aromatic rings. The third-order valence-electron chi connectivity index (χ3n) is 3.83. The molecular formula is C18H25F2NO3. The lowest BCUT2D eigenvalue weighted by molar-refractivity contribution is -0.145. The Morgan fingerprint density at radius 1 is 1.17 bits per heavy atom. The summed E-state index contributed by atoms with van der Waals surface area (Å²) in [7, 11) is 1.29. The van der Waals surface area contributed by atoms with Gasteiger partial charge in [-0.3, -0.25) is 9.59 Å². The lowest BCUT2D eigenvalue weighted by Crippen LogP contribution is -2.38. The average Bonchev–Trinajstić information content (AvgIpc) is 2.58. The highest BCUT2D eigenvalue weighted by Gasteiger charge is 2.23. The van der Waals surface area contributed by atoms with E-state index in [1.165, 1.54) is 18.1 Å². The van der Waals surface area contributed by atoms with Crippen LogP contribution in [-0.4, -0.2) is 37.0 Å². The molecule has 0 aliphatic heterocycles. The van der Waals surface area contributed by atoms with Gasteiger partial charge in [0, 0.05) is 18.7 Å². The molecule has 1 aromatic carbocycles. The average molecular weight is 341 g/mol. The normalized spacial score (nSPS) is 11.9. The summed E-state index contributed by atoms with van der Waals surface area (Å²) < 4.78 is 31.1. The third kappa shape index (κ3) is 5.91. The molecule has 0 saturated carbocycles. The monoisotopic (exact) mass is 341 g/mol. The molecule has 4 nitrogen and oxygen atoms in total. The van der Waals surface area contributed by atoms with Gasteiger partial charge in [0.25, 0.3) is 5.91 Å². The van der Waals surface area contributed by atoms with Gasteiger partial charge in [0.15, 0.2) is 11.6 Å². The zero-order valence-electron chi connectivity index (χ0n) is 14.5. The highest BCUT2D eigenvalue weighted by Crippen LogP contribution is 2.14. The molecule has 0 fully saturated rings. The Morgan fingerprint density at radius 3 is 2.46 bits per heavy atom. The molecule has 0 aliphatic carbocycles. The molecule has 1 unspecified atom stereocenters. The standard InChI is InChI=1S/C18H25F2NO3/c1-4-5-6-7-10-21(12-13(2)18(23)24-3)17(22)14-8-9-15(19)16(20)11-14/h8-9,11,13H,4-7,10,12H2,1-3H3. The van der Waals surface area contributed by atoms with Crippen molar-refractivity contribution in [3.63, 3.8) is 0 Å². The number of ether oxygens (including phenoxy) is 1. The quantitative estimate of drug-likeness (QED) is 0.507. The third-order valence-corrected chi connectivity index (χ3v) is 3.83. The summed E-state index contributed by atoms with van der Waals surface area (Å²) in [6.45, 7) is 4.39. The molecule has 0 N–H and O–H groups in total. The molecule has 1 amide bonds. The minimum Gasteiger partial charge on any atom is -0.469 e. The fraction of sp³-hybridized carbons (Fsp3) is 0.556. The van der Waals surface area contributed by atoms with Crippen molar-refractivity contribution in [2.45, 2.75) is 39.5 Å². The number of methoxy groups -OCH3 is 1. The molecule has 0 radical (unpaired) electrons. The van der Waals surface area contributed by atoms with Gasteiger partial charge in [-0.2, -0.15) is 0 Å². The van der Waals surface area contributed by atoms with Crippen LogP contribution >= 0.6 is 0 Å². The van der Waals surface area contributed by atoms with Crippen LogP contribution in [0.1, 0.15) is 49.9 Å². The molecular weight excluding hydrogens is 316 g/mol. The number of hydrogen-bond donors (Lipinski definition) is 0. The molecule has 6 heteroatoms. The Hall–Kier alpha value is -1.98. The first-order valence-corrected chi connectivity index (χ1v) is 8.22. The van der Waals surface area contributed by atoms with E-state index in [4.69, 9.17) is 0 Å². The Morgan fingerprint density at radius 2 is 1.88 bits per heavy atom. The van der Waals surface area contributed by atoms with Crippen LogP contribution in [0.2, 0.25) is 0 Å². The summed E-state index contributed by atoms with van der Waals surface area (Å²) in [6, 6.07) is 3.07. The Labute approximate surface area is 141 Å². The van der Waals surface area contributed by atoms with Crippen molar-refractivity contribution < 1.29 is 23.1 Å². The smallest absolute Gasteiger partial charge is 0.310 e. The summed E-state index contributed by atoms with van der Waals surface area (Å²) in [5.74, 6) is -3.38. The number of unbranched alkanes of at least 4 members (excludes halogenated alkanes) is 3. The van der Waals surface area contributed by atoms with Crippen LogP contribution in [0.5, 0.6) is 0 Å². The fourth-order valence-corrected chi connectivity index (χ4v) is 2.42. The largest absolute Gasteiger partial charge is 0.469 e. The van der Waals surface area contributed by atoms with E-state index in [1.807, 2.05) is 0 Å². The van der Waals surface area contributed by atoms with Crippen molar-refractivity contribution >= 4 is 11.9 Å². The highest BCUT2D eigenvalue weighted by atomic mass is 19.2. The molecule has 0 saturated heterocycles. The van der Waals surface area contributed by atoms with Gasteiger partial charge in [-0.1, -0.05) is 33.1 Å². The van der Waals surface area contributed by atoms with Crippen LogP contribution < -0.4 is 0 Å². The molecule has 134 valence electrons. The van der Waals surface area contributed by atoms with Crippen LogP contribution in [0, 0.1) is 17.6 Å². The number of benzene rings is 1. The molecule has 0 aliphatic rings.